The van der Waals surface area contributed by atoms with Crippen molar-refractivity contribution in [3.05, 3.63) is 59.3 Å². The number of aliphatic hydroxyl groups excluding tert-OH is 1. The number of thiazole rings is 1. The zero-order chi connectivity index (χ0) is 22.9. The average molecular weight is 449 g/mol. The summed E-state index contributed by atoms with van der Waals surface area (Å²) < 4.78 is 5.89. The van der Waals surface area contributed by atoms with Crippen molar-refractivity contribution in [1.82, 2.24) is 10.3 Å². The molecule has 3 aromatic rings. The van der Waals surface area contributed by atoms with Crippen LogP contribution < -0.4 is 10.1 Å². The highest BCUT2D eigenvalue weighted by atomic mass is 32.1. The van der Waals surface area contributed by atoms with Crippen LogP contribution in [0.5, 0.6) is 5.75 Å². The van der Waals surface area contributed by atoms with Crippen molar-refractivity contribution < 1.29 is 9.84 Å². The third kappa shape index (κ3) is 5.98. The molecule has 1 heterocycles. The maximum atomic E-state index is 8.00. The molecule has 0 amide bonds. The predicted molar refractivity (Wildman–Crippen MR) is 134 cm³/mol. The van der Waals surface area contributed by atoms with E-state index in [1.165, 1.54) is 40.8 Å². The summed E-state index contributed by atoms with van der Waals surface area (Å²) in [6, 6.07) is 12.8. The maximum Gasteiger partial charge on any atom is 0.135 e. The van der Waals surface area contributed by atoms with Crippen LogP contribution in [0.4, 0.5) is 0 Å². The molecule has 0 saturated heterocycles. The number of fused-ring (bicyclic) bond motifs is 1. The van der Waals surface area contributed by atoms with Crippen LogP contribution in [0.25, 0.3) is 21.0 Å². The lowest BCUT2D eigenvalue weighted by Gasteiger charge is -2.12. The Bertz CT molecular complexity index is 1090. The second-order valence-electron chi connectivity index (χ2n) is 7.91. The number of rotatable bonds is 6. The summed E-state index contributed by atoms with van der Waals surface area (Å²) in [4.78, 5) is 5.95. The number of aliphatic hydroxyl groups is 1. The van der Waals surface area contributed by atoms with E-state index >= 15 is 0 Å². The smallest absolute Gasteiger partial charge is 0.135 e. The second-order valence-corrected chi connectivity index (χ2v) is 8.94. The van der Waals surface area contributed by atoms with Gasteiger partial charge in [-0.1, -0.05) is 24.1 Å². The number of hydrogen-bond donors (Lipinski definition) is 2. The van der Waals surface area contributed by atoms with Gasteiger partial charge in [0, 0.05) is 18.3 Å². The molecule has 0 aliphatic heterocycles. The Labute approximate surface area is 195 Å². The zero-order valence-corrected chi connectivity index (χ0v) is 20.2. The normalized spacial score (nSPS) is 11.9. The van der Waals surface area contributed by atoms with Gasteiger partial charge in [-0.2, -0.15) is 0 Å². The zero-order valence-electron chi connectivity index (χ0n) is 19.4. The number of aromatic nitrogens is 1. The number of aryl methyl sites for hydroxylation is 1. The van der Waals surface area contributed by atoms with Gasteiger partial charge in [-0.05, 0) is 82.0 Å². The molecule has 2 N–H and O–H groups in total. The van der Waals surface area contributed by atoms with Crippen molar-refractivity contribution in [2.24, 2.45) is 0 Å². The largest absolute Gasteiger partial charge is 0.490 e. The molecule has 1 aromatic heterocycles. The van der Waals surface area contributed by atoms with E-state index < -0.39 is 0 Å². The molecule has 1 aliphatic rings. The van der Waals surface area contributed by atoms with E-state index in [0.717, 1.165) is 21.9 Å². The fourth-order valence-corrected chi connectivity index (χ4v) is 4.71. The molecule has 0 radical (unpaired) electrons. The quantitative estimate of drug-likeness (QED) is 0.501. The first-order valence-electron chi connectivity index (χ1n) is 11.1. The van der Waals surface area contributed by atoms with Crippen molar-refractivity contribution in [1.29, 1.82) is 0 Å². The van der Waals surface area contributed by atoms with Gasteiger partial charge in [-0.25, -0.2) is 4.98 Å². The van der Waals surface area contributed by atoms with Crippen molar-refractivity contribution in [3.8, 4) is 38.6 Å². The summed E-state index contributed by atoms with van der Waals surface area (Å²) in [5.41, 5.74) is 6.36. The van der Waals surface area contributed by atoms with Gasteiger partial charge in [0.25, 0.3) is 0 Å². The minimum Gasteiger partial charge on any atom is -0.490 e. The molecule has 4 nitrogen and oxygen atoms in total. The first-order valence-corrected chi connectivity index (χ1v) is 11.9. The van der Waals surface area contributed by atoms with E-state index in [9.17, 15) is 0 Å². The molecule has 0 fully saturated rings. The van der Waals surface area contributed by atoms with Crippen LogP contribution in [0.15, 0.2) is 42.6 Å². The lowest BCUT2D eigenvalue weighted by molar-refractivity contribution is 0.242. The first kappa shape index (κ1) is 24.0. The summed E-state index contributed by atoms with van der Waals surface area (Å²) in [6.45, 7) is 6.84. The van der Waals surface area contributed by atoms with Crippen LogP contribution in [0.2, 0.25) is 0 Å². The molecule has 0 spiro atoms. The van der Waals surface area contributed by atoms with Crippen LogP contribution in [0.1, 0.15) is 43.9 Å². The van der Waals surface area contributed by atoms with Crippen molar-refractivity contribution in [3.63, 3.8) is 0 Å². The summed E-state index contributed by atoms with van der Waals surface area (Å²) in [6.07, 6.45) is 5.77. The SMILES string of the molecule is CC#Cc1cc(-c2ncc(-c3cccc4c3CCC4)s2)ccc1OC(C)C.CNCCO. The fourth-order valence-electron chi connectivity index (χ4n) is 3.75. The number of benzene rings is 2. The predicted octanol–water partition coefficient (Wildman–Crippen LogP) is 5.32. The molecular weight excluding hydrogens is 416 g/mol. The Balaban J connectivity index is 0.000000523. The van der Waals surface area contributed by atoms with Crippen LogP contribution in [-0.4, -0.2) is 36.4 Å². The molecule has 5 heteroatoms. The van der Waals surface area contributed by atoms with E-state index in [-0.39, 0.29) is 12.7 Å². The van der Waals surface area contributed by atoms with Gasteiger partial charge in [-0.15, -0.1) is 17.3 Å². The third-order valence-electron chi connectivity index (χ3n) is 5.13. The van der Waals surface area contributed by atoms with Gasteiger partial charge in [-0.3, -0.25) is 0 Å². The van der Waals surface area contributed by atoms with Crippen LogP contribution in [-0.2, 0) is 12.8 Å². The Morgan fingerprint density at radius 2 is 2.06 bits per heavy atom. The van der Waals surface area contributed by atoms with Gasteiger partial charge in [0.1, 0.15) is 10.8 Å². The van der Waals surface area contributed by atoms with Crippen molar-refractivity contribution >= 4 is 11.3 Å². The highest BCUT2D eigenvalue weighted by molar-refractivity contribution is 7.18. The molecule has 4 rings (SSSR count). The molecule has 168 valence electrons. The van der Waals surface area contributed by atoms with E-state index in [1.807, 2.05) is 33.0 Å². The highest BCUT2D eigenvalue weighted by Crippen LogP contribution is 2.38. The molecule has 1 aliphatic carbocycles. The Hall–Kier alpha value is -2.65. The minimum absolute atomic E-state index is 0.125. The molecule has 32 heavy (non-hydrogen) atoms. The van der Waals surface area contributed by atoms with E-state index in [1.54, 1.807) is 18.4 Å². The molecule has 2 aromatic carbocycles. The van der Waals surface area contributed by atoms with Gasteiger partial charge in [0.05, 0.1) is 23.2 Å². The second kappa shape index (κ2) is 11.8. The fraction of sp³-hybridized carbons (Fsp3) is 0.370. The molecule has 0 saturated carbocycles. The highest BCUT2D eigenvalue weighted by Gasteiger charge is 2.17. The van der Waals surface area contributed by atoms with Crippen LogP contribution in [0.3, 0.4) is 0 Å². The van der Waals surface area contributed by atoms with E-state index in [4.69, 9.17) is 14.8 Å². The number of nitrogens with zero attached hydrogens (tertiary/aromatic N) is 1. The van der Waals surface area contributed by atoms with Gasteiger partial charge in [0.2, 0.25) is 0 Å². The first-order chi connectivity index (χ1) is 15.6. The van der Waals surface area contributed by atoms with E-state index in [0.29, 0.717) is 6.54 Å². The van der Waals surface area contributed by atoms with Crippen LogP contribution in [0, 0.1) is 11.8 Å². The Morgan fingerprint density at radius 3 is 2.75 bits per heavy atom. The van der Waals surface area contributed by atoms with Gasteiger partial charge in [0.15, 0.2) is 0 Å². The van der Waals surface area contributed by atoms with Crippen LogP contribution >= 0.6 is 11.3 Å². The minimum atomic E-state index is 0.125. The average Bonchev–Trinajstić information content (AvgIpc) is 3.45. The van der Waals surface area contributed by atoms with E-state index in [2.05, 4.69) is 47.5 Å². The number of hydrogen-bond acceptors (Lipinski definition) is 5. The summed E-state index contributed by atoms with van der Waals surface area (Å²) >= 11 is 1.75. The molecule has 0 unspecified atom stereocenters. The van der Waals surface area contributed by atoms with Crippen molar-refractivity contribution in [2.75, 3.05) is 20.2 Å². The maximum absolute atomic E-state index is 8.00. The summed E-state index contributed by atoms with van der Waals surface area (Å²) in [7, 11) is 1.80. The monoisotopic (exact) mass is 448 g/mol. The summed E-state index contributed by atoms with van der Waals surface area (Å²) in [5.74, 6) is 6.99. The molecule has 0 bridgehead atoms. The third-order valence-corrected chi connectivity index (χ3v) is 6.21. The lowest BCUT2D eigenvalue weighted by atomic mass is 10.0. The molecular formula is C27H32N2O2S. The summed E-state index contributed by atoms with van der Waals surface area (Å²) in [5, 5.41) is 11.8. The standard InChI is InChI=1S/C24H23NOS.C3H9NO/c1-4-7-18-14-19(12-13-22(18)26-16(2)3)24-25-15-23(27-24)21-11-6-9-17-8-5-10-20(17)21;1-4-2-3-5/h6,9,11-16H,5,8,10H2,1-3H3;4-5H,2-3H2,1H3. The Kier molecular flexibility index (Phi) is 8.87. The van der Waals surface area contributed by atoms with Gasteiger partial charge < -0.3 is 15.2 Å². The number of likely N-dealkylation sites (N-methyl/N-ethyl adjacent to an activating group) is 1. The topological polar surface area (TPSA) is 54.4 Å². The van der Waals surface area contributed by atoms with Crippen molar-refractivity contribution in [2.45, 2.75) is 46.1 Å². The number of nitrogens with one attached hydrogen (secondary N) is 1. The molecule has 0 atom stereocenters. The van der Waals surface area contributed by atoms with Gasteiger partial charge >= 0.3 is 0 Å². The Morgan fingerprint density at radius 1 is 1.22 bits per heavy atom. The number of ether oxygens (including phenoxy) is 1. The lowest BCUT2D eigenvalue weighted by Crippen LogP contribution is -2.10.